The van der Waals surface area contributed by atoms with Gasteiger partial charge in [0.05, 0.1) is 23.4 Å². The van der Waals surface area contributed by atoms with Crippen molar-refractivity contribution in [1.29, 1.82) is 0 Å². The highest BCUT2D eigenvalue weighted by molar-refractivity contribution is 7.90. The van der Waals surface area contributed by atoms with E-state index >= 15 is 0 Å². The first-order valence-electron chi connectivity index (χ1n) is 8.74. The van der Waals surface area contributed by atoms with Gasteiger partial charge in [-0.15, -0.1) is 0 Å². The van der Waals surface area contributed by atoms with Gasteiger partial charge >= 0.3 is 0 Å². The van der Waals surface area contributed by atoms with Crippen LogP contribution in [0.3, 0.4) is 0 Å². The third-order valence-corrected chi connectivity index (χ3v) is 4.82. The van der Waals surface area contributed by atoms with Crippen LogP contribution in [0.5, 0.6) is 5.75 Å². The van der Waals surface area contributed by atoms with Crippen molar-refractivity contribution in [3.63, 3.8) is 0 Å². The minimum Gasteiger partial charge on any atom is -0.494 e. The quantitative estimate of drug-likeness (QED) is 0.583. The van der Waals surface area contributed by atoms with Gasteiger partial charge in [-0.25, -0.2) is 8.42 Å². The number of aromatic nitrogens is 1. The lowest BCUT2D eigenvalue weighted by Crippen LogP contribution is -2.27. The van der Waals surface area contributed by atoms with Gasteiger partial charge in [0.25, 0.3) is 0 Å². The zero-order valence-corrected chi connectivity index (χ0v) is 16.4. The zero-order valence-electron chi connectivity index (χ0n) is 15.6. The van der Waals surface area contributed by atoms with Crippen molar-refractivity contribution in [2.75, 3.05) is 24.7 Å². The molecule has 28 heavy (non-hydrogen) atoms. The molecule has 0 aliphatic heterocycles. The summed E-state index contributed by atoms with van der Waals surface area (Å²) in [7, 11) is -3.23. The Morgan fingerprint density at radius 2 is 1.82 bits per heavy atom. The molecule has 2 amide bonds. The third kappa shape index (κ3) is 7.75. The van der Waals surface area contributed by atoms with Gasteiger partial charge in [-0.2, -0.15) is 0 Å². The molecule has 2 N–H and O–H groups in total. The number of amides is 2. The molecule has 8 nitrogen and oxygen atoms in total. The second-order valence-corrected chi connectivity index (χ2v) is 8.10. The number of hydrogen-bond donors (Lipinski definition) is 2. The maximum absolute atomic E-state index is 11.8. The SMILES string of the molecule is CS(=O)(=O)c1ccc(OCCCC(=O)NCCC(=O)Nc2cccnc2)cc1. The first-order chi connectivity index (χ1) is 13.3. The summed E-state index contributed by atoms with van der Waals surface area (Å²) in [5.41, 5.74) is 0.612. The standard InChI is InChI=1S/C19H23N3O5S/c1-28(25,26)17-8-6-16(7-9-17)27-13-3-5-18(23)21-12-10-19(24)22-15-4-2-11-20-14-15/h2,4,6-9,11,14H,3,5,10,12-13H2,1H3,(H,21,23)(H,22,24). The average molecular weight is 405 g/mol. The molecule has 1 heterocycles. The number of carbonyl (C=O) groups excluding carboxylic acids is 2. The van der Waals surface area contributed by atoms with Crippen LogP contribution in [-0.2, 0) is 19.4 Å². The molecule has 9 heteroatoms. The first-order valence-corrected chi connectivity index (χ1v) is 10.6. The van der Waals surface area contributed by atoms with Gasteiger partial charge in [0.2, 0.25) is 11.8 Å². The lowest BCUT2D eigenvalue weighted by Gasteiger charge is -2.08. The molecule has 0 bridgehead atoms. The van der Waals surface area contributed by atoms with Gasteiger partial charge in [-0.05, 0) is 42.8 Å². The first kappa shape index (κ1) is 21.4. The van der Waals surface area contributed by atoms with E-state index in [4.69, 9.17) is 4.74 Å². The summed E-state index contributed by atoms with van der Waals surface area (Å²) in [6, 6.07) is 9.58. The summed E-state index contributed by atoms with van der Waals surface area (Å²) in [5, 5.41) is 5.37. The number of carbonyl (C=O) groups is 2. The Morgan fingerprint density at radius 3 is 2.46 bits per heavy atom. The van der Waals surface area contributed by atoms with Crippen molar-refractivity contribution in [3.05, 3.63) is 48.8 Å². The highest BCUT2D eigenvalue weighted by Crippen LogP contribution is 2.16. The smallest absolute Gasteiger partial charge is 0.226 e. The maximum Gasteiger partial charge on any atom is 0.226 e. The Balaban J connectivity index is 1.58. The summed E-state index contributed by atoms with van der Waals surface area (Å²) < 4.78 is 28.3. The number of rotatable bonds is 10. The molecule has 0 atom stereocenters. The number of nitrogens with one attached hydrogen (secondary N) is 2. The fraction of sp³-hybridized carbons (Fsp3) is 0.316. The molecule has 0 fully saturated rings. The monoisotopic (exact) mass is 405 g/mol. The summed E-state index contributed by atoms with van der Waals surface area (Å²) in [4.78, 5) is 27.7. The Morgan fingerprint density at radius 1 is 1.07 bits per heavy atom. The molecule has 0 saturated heterocycles. The van der Waals surface area contributed by atoms with E-state index in [0.717, 1.165) is 6.26 Å². The second-order valence-electron chi connectivity index (χ2n) is 6.09. The number of hydrogen-bond acceptors (Lipinski definition) is 6. The third-order valence-electron chi connectivity index (χ3n) is 3.69. The maximum atomic E-state index is 11.8. The fourth-order valence-electron chi connectivity index (χ4n) is 2.27. The van der Waals surface area contributed by atoms with Crippen molar-refractivity contribution >= 4 is 27.3 Å². The van der Waals surface area contributed by atoms with Gasteiger partial charge in [0, 0.05) is 31.8 Å². The van der Waals surface area contributed by atoms with Crippen molar-refractivity contribution in [2.45, 2.75) is 24.2 Å². The van der Waals surface area contributed by atoms with Crippen LogP contribution in [0.4, 0.5) is 5.69 Å². The Kier molecular flexibility index (Phi) is 7.94. The van der Waals surface area contributed by atoms with E-state index in [1.165, 1.54) is 12.1 Å². The predicted octanol–water partition coefficient (Wildman–Crippen LogP) is 1.79. The van der Waals surface area contributed by atoms with Crippen molar-refractivity contribution in [3.8, 4) is 5.75 Å². The Hall–Kier alpha value is -2.94. The minimum atomic E-state index is -3.23. The fourth-order valence-corrected chi connectivity index (χ4v) is 2.90. The topological polar surface area (TPSA) is 114 Å². The van der Waals surface area contributed by atoms with E-state index in [1.54, 1.807) is 36.7 Å². The van der Waals surface area contributed by atoms with E-state index < -0.39 is 9.84 Å². The molecular formula is C19H23N3O5S. The van der Waals surface area contributed by atoms with E-state index in [0.29, 0.717) is 24.5 Å². The number of ether oxygens (including phenoxy) is 1. The molecule has 150 valence electrons. The van der Waals surface area contributed by atoms with Crippen LogP contribution in [0.2, 0.25) is 0 Å². The van der Waals surface area contributed by atoms with Gasteiger partial charge in [0.1, 0.15) is 5.75 Å². The van der Waals surface area contributed by atoms with E-state index in [1.807, 2.05) is 0 Å². The molecule has 2 rings (SSSR count). The van der Waals surface area contributed by atoms with Gasteiger partial charge < -0.3 is 15.4 Å². The molecule has 0 radical (unpaired) electrons. The van der Waals surface area contributed by atoms with Crippen molar-refractivity contribution in [1.82, 2.24) is 10.3 Å². The van der Waals surface area contributed by atoms with E-state index in [9.17, 15) is 18.0 Å². The summed E-state index contributed by atoms with van der Waals surface area (Å²) in [6.45, 7) is 0.575. The Bertz CT molecular complexity index is 884. The largest absolute Gasteiger partial charge is 0.494 e. The molecule has 0 spiro atoms. The number of sulfone groups is 1. The number of nitrogens with zero attached hydrogens (tertiary/aromatic N) is 1. The molecule has 0 aliphatic carbocycles. The van der Waals surface area contributed by atoms with Gasteiger partial charge in [-0.3, -0.25) is 14.6 Å². The van der Waals surface area contributed by atoms with E-state index in [-0.39, 0.29) is 36.1 Å². The van der Waals surface area contributed by atoms with Crippen molar-refractivity contribution in [2.24, 2.45) is 0 Å². The molecule has 0 unspecified atom stereocenters. The highest BCUT2D eigenvalue weighted by atomic mass is 32.2. The van der Waals surface area contributed by atoms with Crippen LogP contribution in [-0.4, -0.2) is 44.6 Å². The summed E-state index contributed by atoms with van der Waals surface area (Å²) in [6.07, 6.45) is 5.25. The normalized spacial score (nSPS) is 10.9. The van der Waals surface area contributed by atoms with Crippen LogP contribution in [0, 0.1) is 0 Å². The van der Waals surface area contributed by atoms with Gasteiger partial charge in [0.15, 0.2) is 9.84 Å². The molecule has 0 aliphatic rings. The Labute approximate surface area is 164 Å². The average Bonchev–Trinajstić information content (AvgIpc) is 2.66. The molecular weight excluding hydrogens is 382 g/mol. The molecule has 2 aromatic rings. The zero-order chi connectivity index (χ0) is 20.4. The van der Waals surface area contributed by atoms with Crippen LogP contribution >= 0.6 is 0 Å². The minimum absolute atomic E-state index is 0.162. The number of pyridine rings is 1. The number of anilines is 1. The van der Waals surface area contributed by atoms with Crippen LogP contribution in [0.25, 0.3) is 0 Å². The lowest BCUT2D eigenvalue weighted by atomic mass is 10.3. The molecule has 0 saturated carbocycles. The predicted molar refractivity (Wildman–Crippen MR) is 105 cm³/mol. The van der Waals surface area contributed by atoms with Crippen LogP contribution < -0.4 is 15.4 Å². The molecule has 1 aromatic heterocycles. The van der Waals surface area contributed by atoms with Gasteiger partial charge in [-0.1, -0.05) is 0 Å². The number of benzene rings is 1. The molecule has 1 aromatic carbocycles. The van der Waals surface area contributed by atoms with Crippen LogP contribution in [0.15, 0.2) is 53.7 Å². The highest BCUT2D eigenvalue weighted by Gasteiger charge is 2.07. The lowest BCUT2D eigenvalue weighted by molar-refractivity contribution is -0.121. The van der Waals surface area contributed by atoms with E-state index in [2.05, 4.69) is 15.6 Å². The summed E-state index contributed by atoms with van der Waals surface area (Å²) in [5.74, 6) is 0.180. The second kappa shape index (κ2) is 10.4. The summed E-state index contributed by atoms with van der Waals surface area (Å²) >= 11 is 0. The van der Waals surface area contributed by atoms with Crippen LogP contribution in [0.1, 0.15) is 19.3 Å². The van der Waals surface area contributed by atoms with Crippen molar-refractivity contribution < 1.29 is 22.7 Å².